The van der Waals surface area contributed by atoms with Crippen LogP contribution in [0.2, 0.25) is 0 Å². The van der Waals surface area contributed by atoms with E-state index in [4.69, 9.17) is 0 Å². The van der Waals surface area contributed by atoms with Crippen molar-refractivity contribution in [3.05, 3.63) is 0 Å². The van der Waals surface area contributed by atoms with Gasteiger partial charge in [-0.15, -0.1) is 0 Å². The molecule has 0 aromatic rings. The highest BCUT2D eigenvalue weighted by Crippen LogP contribution is 2.35. The van der Waals surface area contributed by atoms with Crippen molar-refractivity contribution in [3.8, 4) is 0 Å². The summed E-state index contributed by atoms with van der Waals surface area (Å²) in [6, 6.07) is -0.518. The Kier molecular flexibility index (Phi) is 3.40. The highest BCUT2D eigenvalue weighted by Gasteiger charge is 2.47. The van der Waals surface area contributed by atoms with Crippen molar-refractivity contribution in [3.63, 3.8) is 0 Å². The standard InChI is InChI=1S/C13H22N2O2/c1-4-8(3)11-12(16)14-10(9-6-7-9)13(17)15(11)5-2/h8-11H,4-7H2,1-3H3,(H,14,16). The maximum absolute atomic E-state index is 12.3. The van der Waals surface area contributed by atoms with Crippen molar-refractivity contribution in [1.82, 2.24) is 10.2 Å². The SMILES string of the molecule is CCC(C)C1C(=O)NC(C2CC2)C(=O)N1CC. The van der Waals surface area contributed by atoms with Crippen LogP contribution < -0.4 is 5.32 Å². The molecule has 1 aliphatic heterocycles. The fourth-order valence-corrected chi connectivity index (χ4v) is 2.65. The quantitative estimate of drug-likeness (QED) is 0.799. The van der Waals surface area contributed by atoms with Gasteiger partial charge in [0.1, 0.15) is 12.1 Å². The van der Waals surface area contributed by atoms with Gasteiger partial charge in [0.2, 0.25) is 11.8 Å². The van der Waals surface area contributed by atoms with Gasteiger partial charge in [0.25, 0.3) is 0 Å². The van der Waals surface area contributed by atoms with Crippen LogP contribution in [-0.4, -0.2) is 35.3 Å². The summed E-state index contributed by atoms with van der Waals surface area (Å²) in [5, 5.41) is 2.93. The van der Waals surface area contributed by atoms with Crippen LogP contribution in [0.1, 0.15) is 40.0 Å². The van der Waals surface area contributed by atoms with Crippen LogP contribution in [0.5, 0.6) is 0 Å². The smallest absolute Gasteiger partial charge is 0.246 e. The van der Waals surface area contributed by atoms with Crippen molar-refractivity contribution >= 4 is 11.8 Å². The molecule has 0 aromatic carbocycles. The van der Waals surface area contributed by atoms with E-state index in [9.17, 15) is 9.59 Å². The molecule has 17 heavy (non-hydrogen) atoms. The van der Waals surface area contributed by atoms with E-state index in [0.717, 1.165) is 19.3 Å². The summed E-state index contributed by atoms with van der Waals surface area (Å²) in [7, 11) is 0. The second kappa shape index (κ2) is 4.67. The van der Waals surface area contributed by atoms with Gasteiger partial charge in [0.05, 0.1) is 0 Å². The van der Waals surface area contributed by atoms with Crippen LogP contribution in [0, 0.1) is 11.8 Å². The first-order valence-corrected chi connectivity index (χ1v) is 6.71. The van der Waals surface area contributed by atoms with Crippen LogP contribution in [0.3, 0.4) is 0 Å². The number of hydrogen-bond acceptors (Lipinski definition) is 2. The van der Waals surface area contributed by atoms with E-state index in [1.54, 1.807) is 4.90 Å². The molecule has 2 rings (SSSR count). The van der Waals surface area contributed by atoms with E-state index < -0.39 is 0 Å². The predicted molar refractivity (Wildman–Crippen MR) is 65.3 cm³/mol. The summed E-state index contributed by atoms with van der Waals surface area (Å²) in [5.74, 6) is 0.773. The normalized spacial score (nSPS) is 31.4. The number of piperazine rings is 1. The van der Waals surface area contributed by atoms with Crippen molar-refractivity contribution in [1.29, 1.82) is 0 Å². The molecule has 4 heteroatoms. The lowest BCUT2D eigenvalue weighted by molar-refractivity contribution is -0.151. The highest BCUT2D eigenvalue weighted by molar-refractivity contribution is 5.97. The Bertz CT molecular complexity index is 325. The number of amides is 2. The second-order valence-electron chi connectivity index (χ2n) is 5.28. The van der Waals surface area contributed by atoms with E-state index >= 15 is 0 Å². The molecule has 2 amide bonds. The van der Waals surface area contributed by atoms with Gasteiger partial charge < -0.3 is 10.2 Å². The Morgan fingerprint density at radius 3 is 2.47 bits per heavy atom. The van der Waals surface area contributed by atoms with E-state index in [2.05, 4.69) is 12.2 Å². The number of nitrogens with zero attached hydrogens (tertiary/aromatic N) is 1. The first kappa shape index (κ1) is 12.4. The molecule has 1 saturated carbocycles. The van der Waals surface area contributed by atoms with Crippen molar-refractivity contribution in [2.75, 3.05) is 6.54 Å². The summed E-state index contributed by atoms with van der Waals surface area (Å²) in [4.78, 5) is 26.2. The van der Waals surface area contributed by atoms with E-state index in [0.29, 0.717) is 12.5 Å². The molecule has 1 aliphatic carbocycles. The van der Waals surface area contributed by atoms with Crippen LogP contribution >= 0.6 is 0 Å². The van der Waals surface area contributed by atoms with Gasteiger partial charge in [-0.3, -0.25) is 9.59 Å². The van der Waals surface area contributed by atoms with Gasteiger partial charge in [-0.25, -0.2) is 0 Å². The maximum atomic E-state index is 12.3. The number of likely N-dealkylation sites (N-methyl/N-ethyl adjacent to an activating group) is 1. The molecule has 2 fully saturated rings. The average Bonchev–Trinajstić information content (AvgIpc) is 3.14. The minimum Gasteiger partial charge on any atom is -0.342 e. The summed E-state index contributed by atoms with van der Waals surface area (Å²) in [5.41, 5.74) is 0. The molecule has 3 atom stereocenters. The zero-order valence-electron chi connectivity index (χ0n) is 10.9. The molecular weight excluding hydrogens is 216 g/mol. The minimum atomic E-state index is -0.271. The molecule has 3 unspecified atom stereocenters. The Balaban J connectivity index is 2.18. The summed E-state index contributed by atoms with van der Waals surface area (Å²) < 4.78 is 0. The van der Waals surface area contributed by atoms with Crippen LogP contribution in [-0.2, 0) is 9.59 Å². The van der Waals surface area contributed by atoms with E-state index in [1.165, 1.54) is 0 Å². The van der Waals surface area contributed by atoms with Crippen LogP contribution in [0.25, 0.3) is 0 Å². The number of carbonyl (C=O) groups is 2. The third kappa shape index (κ3) is 2.17. The Morgan fingerprint density at radius 2 is 2.00 bits per heavy atom. The predicted octanol–water partition coefficient (Wildman–Crippen LogP) is 1.16. The largest absolute Gasteiger partial charge is 0.342 e. The number of hydrogen-bond donors (Lipinski definition) is 1. The third-order valence-corrected chi connectivity index (χ3v) is 4.07. The topological polar surface area (TPSA) is 49.4 Å². The first-order valence-electron chi connectivity index (χ1n) is 6.71. The van der Waals surface area contributed by atoms with Crippen LogP contribution in [0.15, 0.2) is 0 Å². The second-order valence-corrected chi connectivity index (χ2v) is 5.28. The van der Waals surface area contributed by atoms with Crippen molar-refractivity contribution in [2.45, 2.75) is 52.1 Å². The van der Waals surface area contributed by atoms with Crippen molar-refractivity contribution < 1.29 is 9.59 Å². The molecule has 1 N–H and O–H groups in total. The fourth-order valence-electron chi connectivity index (χ4n) is 2.65. The zero-order chi connectivity index (χ0) is 12.6. The molecule has 4 nitrogen and oxygen atoms in total. The molecule has 0 spiro atoms. The first-order chi connectivity index (χ1) is 8.10. The van der Waals surface area contributed by atoms with Gasteiger partial charge in [-0.1, -0.05) is 20.3 Å². The molecule has 0 bridgehead atoms. The maximum Gasteiger partial charge on any atom is 0.246 e. The number of carbonyl (C=O) groups excluding carboxylic acids is 2. The minimum absolute atomic E-state index is 0.0395. The van der Waals surface area contributed by atoms with Gasteiger partial charge in [-0.2, -0.15) is 0 Å². The molecule has 1 heterocycles. The fraction of sp³-hybridized carbons (Fsp3) is 0.846. The lowest BCUT2D eigenvalue weighted by Crippen LogP contribution is -2.65. The molecule has 0 radical (unpaired) electrons. The Hall–Kier alpha value is -1.06. The van der Waals surface area contributed by atoms with Crippen LogP contribution in [0.4, 0.5) is 0 Å². The summed E-state index contributed by atoms with van der Waals surface area (Å²) in [6.07, 6.45) is 3.06. The third-order valence-electron chi connectivity index (χ3n) is 4.07. The van der Waals surface area contributed by atoms with E-state index in [1.807, 2.05) is 13.8 Å². The van der Waals surface area contributed by atoms with Gasteiger partial charge in [0, 0.05) is 6.54 Å². The van der Waals surface area contributed by atoms with Crippen molar-refractivity contribution in [2.24, 2.45) is 11.8 Å². The Morgan fingerprint density at radius 1 is 1.35 bits per heavy atom. The van der Waals surface area contributed by atoms with Gasteiger partial charge in [-0.05, 0) is 31.6 Å². The highest BCUT2D eigenvalue weighted by atomic mass is 16.2. The molecule has 0 aromatic heterocycles. The molecule has 2 aliphatic rings. The van der Waals surface area contributed by atoms with Gasteiger partial charge >= 0.3 is 0 Å². The van der Waals surface area contributed by atoms with Gasteiger partial charge in [0.15, 0.2) is 0 Å². The number of nitrogens with one attached hydrogen (secondary N) is 1. The average molecular weight is 238 g/mol. The molecule has 96 valence electrons. The summed E-state index contributed by atoms with van der Waals surface area (Å²) >= 11 is 0. The zero-order valence-corrected chi connectivity index (χ0v) is 10.9. The molecule has 1 saturated heterocycles. The number of rotatable bonds is 4. The molecular formula is C13H22N2O2. The Labute approximate surface area is 103 Å². The summed E-state index contributed by atoms with van der Waals surface area (Å²) in [6.45, 7) is 6.68. The monoisotopic (exact) mass is 238 g/mol. The van der Waals surface area contributed by atoms with E-state index in [-0.39, 0.29) is 29.8 Å². The lowest BCUT2D eigenvalue weighted by atomic mass is 9.92. The lowest BCUT2D eigenvalue weighted by Gasteiger charge is -2.41.